The Morgan fingerprint density at radius 1 is 1.50 bits per heavy atom. The topological polar surface area (TPSA) is 44.8 Å². The molecule has 104 valence electrons. The number of thiol groups is 1. The van der Waals surface area contributed by atoms with Gasteiger partial charge in [-0.05, 0) is 32.1 Å². The fourth-order valence-electron chi connectivity index (χ4n) is 3.19. The molecule has 0 aromatic heterocycles. The Hall–Kier alpha value is 0.525. The Morgan fingerprint density at radius 3 is 2.72 bits per heavy atom. The van der Waals surface area contributed by atoms with Crippen LogP contribution >= 0.6 is 18.8 Å². The molecule has 2 rings (SSSR count). The fourth-order valence-corrected chi connectivity index (χ4v) is 4.31. The number of hydrogen-bond acceptors (Lipinski definition) is 4. The molecule has 4 nitrogen and oxygen atoms in total. The van der Waals surface area contributed by atoms with Crippen molar-refractivity contribution in [1.29, 1.82) is 0 Å². The van der Waals surface area contributed by atoms with E-state index in [9.17, 15) is 4.57 Å². The lowest BCUT2D eigenvalue weighted by molar-refractivity contribution is -0.0999. The molecule has 0 N–H and O–H groups in total. The molecular formula is C11H22BO4PS. The van der Waals surface area contributed by atoms with Crippen molar-refractivity contribution in [3.05, 3.63) is 0 Å². The van der Waals surface area contributed by atoms with E-state index in [4.69, 9.17) is 14.0 Å². The van der Waals surface area contributed by atoms with Crippen LogP contribution in [0.15, 0.2) is 0 Å². The molecule has 6 atom stereocenters. The first-order chi connectivity index (χ1) is 8.27. The van der Waals surface area contributed by atoms with Crippen molar-refractivity contribution in [3.63, 3.8) is 0 Å². The van der Waals surface area contributed by atoms with Crippen LogP contribution in [-0.4, -0.2) is 45.4 Å². The molecular weight excluding hydrogens is 270 g/mol. The van der Waals surface area contributed by atoms with Gasteiger partial charge in [-0.15, -0.1) is 0 Å². The number of hydrogen-bond donors (Lipinski definition) is 1. The van der Waals surface area contributed by atoms with Crippen molar-refractivity contribution in [1.82, 2.24) is 0 Å². The van der Waals surface area contributed by atoms with Crippen LogP contribution < -0.4 is 0 Å². The van der Waals surface area contributed by atoms with E-state index in [1.54, 1.807) is 13.8 Å². The Morgan fingerprint density at radius 2 is 2.17 bits per heavy atom. The summed E-state index contributed by atoms with van der Waals surface area (Å²) in [5.41, 5.74) is -0.162. The molecule has 0 amide bonds. The van der Waals surface area contributed by atoms with Gasteiger partial charge in [-0.1, -0.05) is 12.2 Å². The van der Waals surface area contributed by atoms with Crippen LogP contribution in [0.1, 0.15) is 26.2 Å². The zero-order valence-corrected chi connectivity index (χ0v) is 13.2. The first-order valence-corrected chi connectivity index (χ1v) is 9.68. The van der Waals surface area contributed by atoms with E-state index in [2.05, 4.69) is 19.2 Å². The van der Waals surface area contributed by atoms with Gasteiger partial charge in [0.2, 0.25) is 0 Å². The third-order valence-electron chi connectivity index (χ3n) is 4.09. The minimum absolute atomic E-state index is 0.0529. The number of fused-ring (bicyclic) bond motifs is 1. The molecule has 1 saturated heterocycles. The fraction of sp³-hybridized carbons (Fsp3) is 1.00. The van der Waals surface area contributed by atoms with Gasteiger partial charge >= 0.3 is 0 Å². The molecule has 1 heterocycles. The maximum atomic E-state index is 11.7. The van der Waals surface area contributed by atoms with Crippen LogP contribution in [0, 0.1) is 5.92 Å². The number of rotatable bonds is 3. The van der Waals surface area contributed by atoms with E-state index in [0.29, 0.717) is 5.92 Å². The molecule has 2 fully saturated rings. The van der Waals surface area contributed by atoms with Gasteiger partial charge in [0.25, 0.3) is 6.57 Å². The van der Waals surface area contributed by atoms with Crippen LogP contribution in [0.3, 0.4) is 0 Å². The minimum Gasteiger partial charge on any atom is -0.381 e. The van der Waals surface area contributed by atoms with Gasteiger partial charge in [0.05, 0.1) is 17.8 Å². The van der Waals surface area contributed by atoms with Crippen LogP contribution in [0.4, 0.5) is 0 Å². The summed E-state index contributed by atoms with van der Waals surface area (Å²) in [5.74, 6) is 0.440. The van der Waals surface area contributed by atoms with Gasteiger partial charge in [0.15, 0.2) is 0 Å². The molecule has 0 spiro atoms. The molecule has 2 aliphatic rings. The zero-order chi connectivity index (χ0) is 13.6. The largest absolute Gasteiger partial charge is 0.381 e. The average molecular weight is 292 g/mol. The molecule has 1 saturated carbocycles. The maximum Gasteiger partial charge on any atom is 0.252 e. The van der Waals surface area contributed by atoms with Crippen molar-refractivity contribution in [2.45, 2.75) is 50.0 Å². The average Bonchev–Trinajstić information content (AvgIpc) is 2.87. The van der Waals surface area contributed by atoms with Gasteiger partial charge in [0, 0.05) is 19.8 Å². The Bertz CT molecular complexity index is 363. The summed E-state index contributed by atoms with van der Waals surface area (Å²) in [6.45, 7) is 0.865. The normalized spacial score (nSPS) is 47.6. The molecule has 7 heteroatoms. The molecule has 18 heavy (non-hydrogen) atoms. The molecule has 0 aromatic rings. The second-order valence-electron chi connectivity index (χ2n) is 5.65. The molecule has 4 unspecified atom stereocenters. The first-order valence-electron chi connectivity index (χ1n) is 6.46. The van der Waals surface area contributed by atoms with Gasteiger partial charge in [-0.3, -0.25) is 4.57 Å². The van der Waals surface area contributed by atoms with Crippen molar-refractivity contribution in [2.75, 3.05) is 13.8 Å². The predicted molar refractivity (Wildman–Crippen MR) is 77.3 cm³/mol. The van der Waals surface area contributed by atoms with E-state index in [0.717, 1.165) is 19.3 Å². The van der Waals surface area contributed by atoms with Gasteiger partial charge in [-0.2, -0.15) is 0 Å². The van der Waals surface area contributed by atoms with Gasteiger partial charge in [0.1, 0.15) is 7.85 Å². The Labute approximate surface area is 115 Å². The monoisotopic (exact) mass is 292 g/mol. The third-order valence-corrected chi connectivity index (χ3v) is 5.06. The summed E-state index contributed by atoms with van der Waals surface area (Å²) in [6.07, 6.45) is 2.69. The summed E-state index contributed by atoms with van der Waals surface area (Å²) in [6, 6.07) is 0.0819. The molecule has 1 aliphatic carbocycles. The molecule has 0 aromatic carbocycles. The van der Waals surface area contributed by atoms with Crippen molar-refractivity contribution < 1.29 is 18.6 Å². The lowest BCUT2D eigenvalue weighted by atomic mass is 9.89. The SMILES string of the molecule is B[C@H]1CC(OP(C)(=O)S)CC2C[C@]2(OC)C(C)O1. The first kappa shape index (κ1) is 14.9. The van der Waals surface area contributed by atoms with Crippen molar-refractivity contribution in [3.8, 4) is 0 Å². The molecule has 0 bridgehead atoms. The highest BCUT2D eigenvalue weighted by atomic mass is 32.7. The van der Waals surface area contributed by atoms with Gasteiger partial charge in [-0.25, -0.2) is 0 Å². The summed E-state index contributed by atoms with van der Waals surface area (Å²) in [7, 11) is 3.77. The standard InChI is InChI=1S/C11H22BO4PS/c1-7-11(14-2)6-8(11)4-9(5-10(12)15-7)16-17(3,13)18/h7-10H,4-6,12H2,1-3H3,(H,13,18)/t7?,8?,9?,10-,11+,17?/m1/s1. The second kappa shape index (κ2) is 5.14. The highest BCUT2D eigenvalue weighted by Crippen LogP contribution is 2.57. The van der Waals surface area contributed by atoms with Crippen molar-refractivity contribution >= 4 is 26.7 Å². The summed E-state index contributed by atoms with van der Waals surface area (Å²) in [4.78, 5) is 0. The van der Waals surface area contributed by atoms with E-state index in [-0.39, 0.29) is 23.8 Å². The minimum atomic E-state index is -2.75. The summed E-state index contributed by atoms with van der Waals surface area (Å²) < 4.78 is 28.9. The van der Waals surface area contributed by atoms with Crippen LogP contribution in [-0.2, 0) is 18.6 Å². The molecule has 0 radical (unpaired) electrons. The highest BCUT2D eigenvalue weighted by Gasteiger charge is 2.60. The Kier molecular flexibility index (Phi) is 4.26. The predicted octanol–water partition coefficient (Wildman–Crippen LogP) is 1.69. The van der Waals surface area contributed by atoms with E-state index < -0.39 is 6.57 Å². The van der Waals surface area contributed by atoms with E-state index in [1.807, 2.05) is 7.85 Å². The lowest BCUT2D eigenvalue weighted by Crippen LogP contribution is -2.40. The maximum absolute atomic E-state index is 11.7. The van der Waals surface area contributed by atoms with Crippen LogP contribution in [0.25, 0.3) is 0 Å². The Balaban J connectivity index is 2.07. The van der Waals surface area contributed by atoms with E-state index in [1.165, 1.54) is 0 Å². The zero-order valence-electron chi connectivity index (χ0n) is 11.5. The number of ether oxygens (including phenoxy) is 2. The van der Waals surface area contributed by atoms with E-state index >= 15 is 0 Å². The highest BCUT2D eigenvalue weighted by molar-refractivity contribution is 8.46. The third kappa shape index (κ3) is 3.16. The quantitative estimate of drug-likeness (QED) is 0.488. The van der Waals surface area contributed by atoms with Gasteiger partial charge < -0.3 is 14.0 Å². The summed E-state index contributed by atoms with van der Waals surface area (Å²) >= 11 is 4.02. The molecule has 1 aliphatic heterocycles. The number of methoxy groups -OCH3 is 1. The van der Waals surface area contributed by atoms with Crippen LogP contribution in [0.2, 0.25) is 0 Å². The second-order valence-corrected chi connectivity index (χ2v) is 9.65. The van der Waals surface area contributed by atoms with Crippen LogP contribution in [0.5, 0.6) is 0 Å². The smallest absolute Gasteiger partial charge is 0.252 e. The summed E-state index contributed by atoms with van der Waals surface area (Å²) in [5, 5.41) is 0. The van der Waals surface area contributed by atoms with Crippen molar-refractivity contribution in [2.24, 2.45) is 5.92 Å². The lowest BCUT2D eigenvalue weighted by Gasteiger charge is -2.33.